The predicted octanol–water partition coefficient (Wildman–Crippen LogP) is 3.46. The van der Waals surface area contributed by atoms with Crippen LogP contribution in [0.15, 0.2) is 39.8 Å². The minimum Gasteiger partial charge on any atom is -0.453 e. The van der Waals surface area contributed by atoms with E-state index in [-0.39, 0.29) is 24.0 Å². The van der Waals surface area contributed by atoms with Gasteiger partial charge in [-0.2, -0.15) is 0 Å². The lowest BCUT2D eigenvalue weighted by atomic mass is 10.1. The number of guanidine groups is 1. The van der Waals surface area contributed by atoms with E-state index in [9.17, 15) is 4.79 Å². The molecule has 2 rings (SSSR count). The summed E-state index contributed by atoms with van der Waals surface area (Å²) in [4.78, 5) is 15.4. The number of nitrogens with one attached hydrogen (secondary N) is 3. The van der Waals surface area contributed by atoms with Crippen LogP contribution in [0.2, 0.25) is 0 Å². The van der Waals surface area contributed by atoms with Crippen LogP contribution in [0.25, 0.3) is 0 Å². The van der Waals surface area contributed by atoms with Crippen LogP contribution in [-0.2, 0) is 17.8 Å². The Balaban J connectivity index is 0.00000364. The second-order valence-corrected chi connectivity index (χ2v) is 5.97. The van der Waals surface area contributed by atoms with Crippen LogP contribution in [0.4, 0.5) is 10.5 Å². The van der Waals surface area contributed by atoms with Crippen molar-refractivity contribution in [3.8, 4) is 0 Å². The first-order chi connectivity index (χ1) is 12.5. The number of aliphatic imine (C=N–C) groups is 1. The highest BCUT2D eigenvalue weighted by Gasteiger charge is 2.08. The van der Waals surface area contributed by atoms with Crippen molar-refractivity contribution in [1.29, 1.82) is 0 Å². The molecule has 0 unspecified atom stereocenters. The SMILES string of the molecule is CN=C(NCc1ccc(NC(=O)OC)cc1)NCc1cc(C(C)C)no1.I. The average molecular weight is 487 g/mol. The van der Waals surface area contributed by atoms with E-state index in [1.807, 2.05) is 30.3 Å². The van der Waals surface area contributed by atoms with E-state index in [4.69, 9.17) is 4.52 Å². The van der Waals surface area contributed by atoms with E-state index in [2.05, 4.69) is 44.7 Å². The summed E-state index contributed by atoms with van der Waals surface area (Å²) in [6.07, 6.45) is -0.492. The van der Waals surface area contributed by atoms with E-state index >= 15 is 0 Å². The molecule has 0 bridgehead atoms. The van der Waals surface area contributed by atoms with Gasteiger partial charge in [0, 0.05) is 25.3 Å². The zero-order valence-corrected chi connectivity index (χ0v) is 18.2. The molecule has 2 aromatic rings. The van der Waals surface area contributed by atoms with E-state index in [1.165, 1.54) is 7.11 Å². The zero-order chi connectivity index (χ0) is 18.9. The van der Waals surface area contributed by atoms with Gasteiger partial charge in [0.25, 0.3) is 0 Å². The quantitative estimate of drug-likeness (QED) is 0.328. The Labute approximate surface area is 176 Å². The highest BCUT2D eigenvalue weighted by molar-refractivity contribution is 14.0. The second kappa shape index (κ2) is 11.4. The van der Waals surface area contributed by atoms with Gasteiger partial charge in [-0.15, -0.1) is 24.0 Å². The summed E-state index contributed by atoms with van der Waals surface area (Å²) in [6.45, 7) is 5.23. The zero-order valence-electron chi connectivity index (χ0n) is 15.9. The third kappa shape index (κ3) is 7.45. The minimum absolute atomic E-state index is 0. The molecule has 8 nitrogen and oxygen atoms in total. The van der Waals surface area contributed by atoms with Crippen LogP contribution in [0, 0.1) is 0 Å². The number of carbonyl (C=O) groups excluding carboxylic acids is 1. The molecular formula is C18H26IN5O3. The molecule has 0 atom stereocenters. The summed E-state index contributed by atoms with van der Waals surface area (Å²) < 4.78 is 9.85. The largest absolute Gasteiger partial charge is 0.453 e. The molecule has 0 saturated carbocycles. The molecule has 0 fully saturated rings. The molecular weight excluding hydrogens is 461 g/mol. The van der Waals surface area contributed by atoms with E-state index in [0.29, 0.717) is 30.7 Å². The maximum absolute atomic E-state index is 11.2. The number of halogens is 1. The lowest BCUT2D eigenvalue weighted by molar-refractivity contribution is 0.187. The summed E-state index contributed by atoms with van der Waals surface area (Å²) >= 11 is 0. The molecule has 0 saturated heterocycles. The van der Waals surface area contributed by atoms with Crippen molar-refractivity contribution in [3.05, 3.63) is 47.3 Å². The number of benzene rings is 1. The minimum atomic E-state index is -0.492. The van der Waals surface area contributed by atoms with Gasteiger partial charge in [0.2, 0.25) is 0 Å². The van der Waals surface area contributed by atoms with Gasteiger partial charge in [-0.05, 0) is 23.6 Å². The van der Waals surface area contributed by atoms with Gasteiger partial charge in [0.1, 0.15) is 0 Å². The van der Waals surface area contributed by atoms with Crippen LogP contribution in [0.3, 0.4) is 0 Å². The smallest absolute Gasteiger partial charge is 0.411 e. The number of aromatic nitrogens is 1. The number of hydrogen-bond acceptors (Lipinski definition) is 5. The van der Waals surface area contributed by atoms with Crippen molar-refractivity contribution < 1.29 is 14.1 Å². The number of carbonyl (C=O) groups is 1. The summed E-state index contributed by atoms with van der Waals surface area (Å²) in [5.74, 6) is 1.75. The Morgan fingerprint density at radius 1 is 1.22 bits per heavy atom. The number of hydrogen-bond donors (Lipinski definition) is 3. The van der Waals surface area contributed by atoms with Crippen LogP contribution < -0.4 is 16.0 Å². The maximum atomic E-state index is 11.2. The molecule has 0 aliphatic rings. The first kappa shape index (κ1) is 22.7. The van der Waals surface area contributed by atoms with Crippen molar-refractivity contribution in [2.24, 2.45) is 4.99 Å². The number of amides is 1. The molecule has 3 N–H and O–H groups in total. The molecule has 1 aromatic heterocycles. The van der Waals surface area contributed by atoms with Crippen molar-refractivity contribution in [2.75, 3.05) is 19.5 Å². The lowest BCUT2D eigenvalue weighted by Crippen LogP contribution is -2.36. The molecule has 27 heavy (non-hydrogen) atoms. The topological polar surface area (TPSA) is 101 Å². The highest BCUT2D eigenvalue weighted by atomic mass is 127. The fraction of sp³-hybridized carbons (Fsp3) is 0.389. The fourth-order valence-corrected chi connectivity index (χ4v) is 2.14. The third-order valence-electron chi connectivity index (χ3n) is 3.67. The van der Waals surface area contributed by atoms with Gasteiger partial charge < -0.3 is 19.9 Å². The first-order valence-corrected chi connectivity index (χ1v) is 8.35. The average Bonchev–Trinajstić information content (AvgIpc) is 3.12. The Bertz CT molecular complexity index is 744. The predicted molar refractivity (Wildman–Crippen MR) is 116 cm³/mol. The van der Waals surface area contributed by atoms with Gasteiger partial charge in [-0.25, -0.2) is 4.79 Å². The standard InChI is InChI=1S/C18H25N5O3.HI/c1-12(2)16-9-15(26-23-16)11-21-17(19-3)20-10-13-5-7-14(8-6-13)22-18(24)25-4;/h5-9,12H,10-11H2,1-4H3,(H,22,24)(H2,19,20,21);1H. The van der Waals surface area contributed by atoms with Gasteiger partial charge in [0.15, 0.2) is 11.7 Å². The summed E-state index contributed by atoms with van der Waals surface area (Å²) in [6, 6.07) is 9.39. The maximum Gasteiger partial charge on any atom is 0.411 e. The Morgan fingerprint density at radius 2 is 1.89 bits per heavy atom. The summed E-state index contributed by atoms with van der Waals surface area (Å²) in [5.41, 5.74) is 2.66. The van der Waals surface area contributed by atoms with Crippen LogP contribution >= 0.6 is 24.0 Å². The van der Waals surface area contributed by atoms with Gasteiger partial charge in [-0.3, -0.25) is 10.3 Å². The van der Waals surface area contributed by atoms with Crippen molar-refractivity contribution >= 4 is 41.7 Å². The number of rotatable bonds is 6. The van der Waals surface area contributed by atoms with Crippen molar-refractivity contribution in [2.45, 2.75) is 32.9 Å². The Kier molecular flexibility index (Phi) is 9.62. The highest BCUT2D eigenvalue weighted by Crippen LogP contribution is 2.13. The molecule has 1 amide bonds. The summed E-state index contributed by atoms with van der Waals surface area (Å²) in [5, 5.41) is 13.0. The van der Waals surface area contributed by atoms with Gasteiger partial charge >= 0.3 is 6.09 Å². The third-order valence-corrected chi connectivity index (χ3v) is 3.67. The van der Waals surface area contributed by atoms with Gasteiger partial charge in [0.05, 0.1) is 19.3 Å². The molecule has 0 radical (unpaired) electrons. The molecule has 1 heterocycles. The number of methoxy groups -OCH3 is 1. The van der Waals surface area contributed by atoms with Crippen LogP contribution in [0.5, 0.6) is 0 Å². The number of nitrogens with zero attached hydrogens (tertiary/aromatic N) is 2. The van der Waals surface area contributed by atoms with E-state index in [0.717, 1.165) is 17.0 Å². The lowest BCUT2D eigenvalue weighted by Gasteiger charge is -2.11. The molecule has 0 aliphatic carbocycles. The van der Waals surface area contributed by atoms with Crippen molar-refractivity contribution in [3.63, 3.8) is 0 Å². The monoisotopic (exact) mass is 487 g/mol. The number of ether oxygens (including phenoxy) is 1. The van der Waals surface area contributed by atoms with E-state index < -0.39 is 6.09 Å². The molecule has 148 valence electrons. The molecule has 0 spiro atoms. The second-order valence-electron chi connectivity index (χ2n) is 5.97. The molecule has 9 heteroatoms. The van der Waals surface area contributed by atoms with Crippen LogP contribution in [-0.4, -0.2) is 31.4 Å². The first-order valence-electron chi connectivity index (χ1n) is 8.35. The van der Waals surface area contributed by atoms with Gasteiger partial charge in [-0.1, -0.05) is 31.1 Å². The van der Waals surface area contributed by atoms with Crippen LogP contribution in [0.1, 0.15) is 36.8 Å². The summed E-state index contributed by atoms with van der Waals surface area (Å²) in [7, 11) is 3.04. The number of anilines is 1. The molecule has 0 aliphatic heterocycles. The fourth-order valence-electron chi connectivity index (χ4n) is 2.14. The van der Waals surface area contributed by atoms with E-state index in [1.54, 1.807) is 7.05 Å². The molecule has 1 aromatic carbocycles. The normalized spacial score (nSPS) is 10.9. The Morgan fingerprint density at radius 3 is 2.44 bits per heavy atom. The van der Waals surface area contributed by atoms with Crippen molar-refractivity contribution in [1.82, 2.24) is 15.8 Å². The Hall–Kier alpha value is -2.30.